The summed E-state index contributed by atoms with van der Waals surface area (Å²) in [6.07, 6.45) is 9.22. The Labute approximate surface area is 327 Å². The molecule has 0 saturated carbocycles. The molecule has 7 rings (SSSR count). The zero-order valence-corrected chi connectivity index (χ0v) is 34.9. The van der Waals surface area contributed by atoms with Gasteiger partial charge in [0.05, 0.1) is 5.76 Å². The topological polar surface area (TPSA) is 50.2 Å². The van der Waals surface area contributed by atoms with E-state index >= 15 is 0 Å². The molecule has 1 atom stereocenters. The SMILES string of the molecule is CC(C)(C)c1cc(-c2nccc3c2sc2c4c(ccc23)CCC4c2ccccc2)[c-]c2ccccc12.CCC(CC)C(=O)/C=C(\O)C(CC)CC.[Ir]. The predicted octanol–water partition coefficient (Wildman–Crippen LogP) is 13.3. The number of allylic oxidation sites excluding steroid dienone is 2. The van der Waals surface area contributed by atoms with Crippen LogP contribution in [0.1, 0.15) is 109 Å². The van der Waals surface area contributed by atoms with Crippen LogP contribution in [0, 0.1) is 17.9 Å². The monoisotopic (exact) mass is 887 g/mol. The van der Waals surface area contributed by atoms with Gasteiger partial charge in [-0.15, -0.1) is 40.5 Å². The molecule has 4 aromatic carbocycles. The van der Waals surface area contributed by atoms with E-state index in [1.165, 1.54) is 60.3 Å². The van der Waals surface area contributed by atoms with E-state index in [0.717, 1.165) is 48.7 Å². The first-order valence-electron chi connectivity index (χ1n) is 18.9. The molecule has 273 valence electrons. The molecule has 2 aromatic heterocycles. The first-order chi connectivity index (χ1) is 24.6. The number of aromatic nitrogens is 1. The third-order valence-corrected chi connectivity index (χ3v) is 12.1. The van der Waals surface area contributed by atoms with Gasteiger partial charge in [-0.05, 0) is 72.1 Å². The number of benzene rings is 4. The third-order valence-electron chi connectivity index (χ3n) is 10.9. The molecule has 52 heavy (non-hydrogen) atoms. The predicted molar refractivity (Wildman–Crippen MR) is 218 cm³/mol. The zero-order chi connectivity index (χ0) is 36.3. The van der Waals surface area contributed by atoms with Gasteiger partial charge in [0.15, 0.2) is 5.78 Å². The van der Waals surface area contributed by atoms with E-state index in [1.54, 1.807) is 0 Å². The number of hydrogen-bond donors (Lipinski definition) is 1. The number of hydrogen-bond acceptors (Lipinski definition) is 4. The molecule has 1 radical (unpaired) electrons. The summed E-state index contributed by atoms with van der Waals surface area (Å²) in [6, 6.07) is 32.6. The smallest absolute Gasteiger partial charge is 0.162 e. The van der Waals surface area contributed by atoms with E-state index in [9.17, 15) is 9.90 Å². The van der Waals surface area contributed by atoms with Crippen molar-refractivity contribution in [2.24, 2.45) is 11.8 Å². The molecule has 0 bridgehead atoms. The molecule has 1 aliphatic carbocycles. The molecule has 0 spiro atoms. The van der Waals surface area contributed by atoms with Crippen molar-refractivity contribution in [3.8, 4) is 11.3 Å². The molecule has 0 fully saturated rings. The Bertz CT molecular complexity index is 2190. The van der Waals surface area contributed by atoms with Crippen molar-refractivity contribution in [2.75, 3.05) is 0 Å². The van der Waals surface area contributed by atoms with Crippen LogP contribution in [0.3, 0.4) is 0 Å². The number of carbonyl (C=O) groups excluding carboxylic acids is 1. The van der Waals surface area contributed by atoms with E-state index in [-0.39, 0.29) is 48.9 Å². The summed E-state index contributed by atoms with van der Waals surface area (Å²) in [5, 5.41) is 14.9. The summed E-state index contributed by atoms with van der Waals surface area (Å²) in [6.45, 7) is 14.9. The number of aryl methyl sites for hydroxylation is 1. The number of nitrogens with zero attached hydrogens (tertiary/aromatic N) is 1. The fourth-order valence-corrected chi connectivity index (χ4v) is 9.26. The summed E-state index contributed by atoms with van der Waals surface area (Å²) in [4.78, 5) is 16.7. The average Bonchev–Trinajstić information content (AvgIpc) is 3.74. The molecule has 1 aliphatic rings. The number of ketones is 1. The van der Waals surface area contributed by atoms with Gasteiger partial charge in [-0.1, -0.05) is 120 Å². The molecule has 3 nitrogen and oxygen atoms in total. The Balaban J connectivity index is 0.000000280. The molecular weight excluding hydrogens is 835 g/mol. The molecule has 0 aliphatic heterocycles. The molecule has 1 N–H and O–H groups in total. The molecule has 2 heterocycles. The second-order valence-corrected chi connectivity index (χ2v) is 16.1. The van der Waals surface area contributed by atoms with Crippen LogP contribution in [0.4, 0.5) is 0 Å². The van der Waals surface area contributed by atoms with Crippen LogP contribution in [-0.4, -0.2) is 15.9 Å². The maximum Gasteiger partial charge on any atom is 0.162 e. The molecule has 1 unspecified atom stereocenters. The van der Waals surface area contributed by atoms with E-state index in [2.05, 4.69) is 106 Å². The van der Waals surface area contributed by atoms with Gasteiger partial charge < -0.3 is 5.11 Å². The van der Waals surface area contributed by atoms with Gasteiger partial charge in [0, 0.05) is 70.6 Å². The van der Waals surface area contributed by atoms with Gasteiger partial charge in [-0.25, -0.2) is 0 Å². The molecule has 0 amide bonds. The standard InChI is InChI=1S/C34H28NS.C13H24O2.Ir/c1-34(2,3)29-20-24(19-23-11-7-8-12-25(23)29)31-33-28(17-18-35-31)27-16-14-22-13-15-26(30(22)32(27)36-33)21-9-5-4-6-10-21;1-5-10(6-2)12(14)9-13(15)11(7-3)8-4;/h4-12,14,16-18,20,26H,13,15H2,1-3H3;9-11,14H,5-8H2,1-4H3;/q-1;;/b;12-9-;. The normalized spacial score (nSPS) is 14.5. The van der Waals surface area contributed by atoms with Gasteiger partial charge in [-0.3, -0.25) is 9.78 Å². The van der Waals surface area contributed by atoms with E-state index in [1.807, 2.05) is 45.2 Å². The fourth-order valence-electron chi connectivity index (χ4n) is 7.84. The molecular formula is C47H52IrNO2S-. The summed E-state index contributed by atoms with van der Waals surface area (Å²) < 4.78 is 2.70. The van der Waals surface area contributed by atoms with Crippen molar-refractivity contribution in [3.63, 3.8) is 0 Å². The first kappa shape index (κ1) is 39.6. The van der Waals surface area contributed by atoms with Gasteiger partial charge in [-0.2, -0.15) is 0 Å². The fraction of sp³-hybridized carbons (Fsp3) is 0.362. The number of thiophene rings is 1. The second-order valence-electron chi connectivity index (χ2n) is 15.0. The zero-order valence-electron chi connectivity index (χ0n) is 31.7. The van der Waals surface area contributed by atoms with Crippen molar-refractivity contribution in [1.82, 2.24) is 4.98 Å². The van der Waals surface area contributed by atoms with Crippen LogP contribution in [-0.2, 0) is 36.7 Å². The summed E-state index contributed by atoms with van der Waals surface area (Å²) in [5.74, 6) is 1.01. The number of carbonyl (C=O) groups is 1. The second kappa shape index (κ2) is 17.0. The summed E-state index contributed by atoms with van der Waals surface area (Å²) >= 11 is 1.92. The van der Waals surface area contributed by atoms with Crippen molar-refractivity contribution < 1.29 is 30.0 Å². The Morgan fingerprint density at radius 3 is 2.19 bits per heavy atom. The van der Waals surface area contributed by atoms with Crippen LogP contribution in [0.25, 0.3) is 42.2 Å². The number of pyridine rings is 1. The van der Waals surface area contributed by atoms with Crippen molar-refractivity contribution in [2.45, 2.75) is 98.3 Å². The van der Waals surface area contributed by atoms with Crippen LogP contribution in [0.15, 0.2) is 96.9 Å². The molecule has 0 saturated heterocycles. The Kier molecular flexibility index (Phi) is 12.9. The van der Waals surface area contributed by atoms with Crippen LogP contribution in [0.2, 0.25) is 0 Å². The number of fused-ring (bicyclic) bond motifs is 6. The first-order valence-corrected chi connectivity index (χ1v) is 19.7. The maximum atomic E-state index is 11.7. The van der Waals surface area contributed by atoms with Gasteiger partial charge in [0.25, 0.3) is 0 Å². The average molecular weight is 887 g/mol. The minimum absolute atomic E-state index is 0. The molecule has 6 aromatic rings. The van der Waals surface area contributed by atoms with Crippen molar-refractivity contribution >= 4 is 48.1 Å². The van der Waals surface area contributed by atoms with Crippen LogP contribution >= 0.6 is 11.3 Å². The van der Waals surface area contributed by atoms with Crippen LogP contribution < -0.4 is 0 Å². The number of aliphatic hydroxyl groups is 1. The number of aliphatic hydroxyl groups excluding tert-OH is 1. The maximum absolute atomic E-state index is 11.7. The van der Waals surface area contributed by atoms with E-state index in [4.69, 9.17) is 4.98 Å². The molecule has 5 heteroatoms. The Morgan fingerprint density at radius 2 is 1.52 bits per heavy atom. The largest absolute Gasteiger partial charge is 0.512 e. The quantitative estimate of drug-likeness (QED) is 0.0894. The van der Waals surface area contributed by atoms with Gasteiger partial charge >= 0.3 is 0 Å². The van der Waals surface area contributed by atoms with Crippen molar-refractivity contribution in [1.29, 1.82) is 0 Å². The van der Waals surface area contributed by atoms with E-state index < -0.39 is 0 Å². The van der Waals surface area contributed by atoms with Gasteiger partial charge in [0.1, 0.15) is 0 Å². The Hall–Kier alpha value is -3.63. The number of rotatable bonds is 9. The van der Waals surface area contributed by atoms with Crippen molar-refractivity contribution in [3.05, 3.63) is 125 Å². The minimum Gasteiger partial charge on any atom is -0.512 e. The van der Waals surface area contributed by atoms with Crippen LogP contribution in [0.5, 0.6) is 0 Å². The third kappa shape index (κ3) is 7.98. The van der Waals surface area contributed by atoms with E-state index in [0.29, 0.717) is 5.92 Å². The summed E-state index contributed by atoms with van der Waals surface area (Å²) in [7, 11) is 0. The van der Waals surface area contributed by atoms with Gasteiger partial charge in [0.2, 0.25) is 0 Å². The Morgan fingerprint density at radius 1 is 0.865 bits per heavy atom. The minimum atomic E-state index is 0. The summed E-state index contributed by atoms with van der Waals surface area (Å²) in [5.41, 5.74) is 7.98.